The minimum atomic E-state index is 0.0304. The minimum absolute atomic E-state index is 0.0304. The van der Waals surface area contributed by atoms with Crippen molar-refractivity contribution in [2.24, 2.45) is 11.8 Å². The first kappa shape index (κ1) is 26.9. The Hall–Kier alpha value is -2.33. The monoisotopic (exact) mass is 568 g/mol. The second kappa shape index (κ2) is 11.6. The lowest BCUT2D eigenvalue weighted by atomic mass is 9.94. The van der Waals surface area contributed by atoms with Gasteiger partial charge in [-0.2, -0.15) is 0 Å². The number of hydrogen-bond donors (Lipinski definition) is 0. The molecule has 0 radical (unpaired) electrons. The third kappa shape index (κ3) is 5.64. The van der Waals surface area contributed by atoms with E-state index in [2.05, 4.69) is 11.0 Å². The normalized spacial score (nSPS) is 26.3. The summed E-state index contributed by atoms with van der Waals surface area (Å²) in [7, 11) is 3.28. The number of amides is 1. The number of hydrogen-bond acceptors (Lipinski definition) is 8. The third-order valence-electron chi connectivity index (χ3n) is 8.62. The molecule has 2 aliphatic heterocycles. The average molecular weight is 569 g/mol. The van der Waals surface area contributed by atoms with Crippen LogP contribution in [0.2, 0.25) is 0 Å². The maximum atomic E-state index is 13.6. The number of ether oxygens (including phenoxy) is 3. The van der Waals surface area contributed by atoms with Crippen LogP contribution in [-0.4, -0.2) is 73.1 Å². The molecule has 4 aliphatic rings. The number of furan rings is 1. The van der Waals surface area contributed by atoms with Crippen molar-refractivity contribution in [2.45, 2.75) is 44.6 Å². The zero-order valence-corrected chi connectivity index (χ0v) is 24.3. The van der Waals surface area contributed by atoms with E-state index < -0.39 is 0 Å². The first-order valence-corrected chi connectivity index (χ1v) is 15.2. The highest BCUT2D eigenvalue weighted by atomic mass is 32.2. The summed E-state index contributed by atoms with van der Waals surface area (Å²) in [6.45, 7) is 4.53. The molecular formula is C30H36N2O5S2. The minimum Gasteiger partial charge on any atom is -0.497 e. The van der Waals surface area contributed by atoms with Crippen LogP contribution >= 0.6 is 24.0 Å². The molecule has 2 saturated heterocycles. The number of aryl methyl sites for hydroxylation is 1. The molecule has 6 rings (SSSR count). The summed E-state index contributed by atoms with van der Waals surface area (Å²) in [6.07, 6.45) is 8.58. The van der Waals surface area contributed by atoms with Crippen LogP contribution in [0.3, 0.4) is 0 Å². The molecule has 208 valence electrons. The van der Waals surface area contributed by atoms with Gasteiger partial charge < -0.3 is 18.6 Å². The van der Waals surface area contributed by atoms with Crippen LogP contribution in [0.25, 0.3) is 17.4 Å². The van der Waals surface area contributed by atoms with Gasteiger partial charge in [-0.15, -0.1) is 0 Å². The van der Waals surface area contributed by atoms with E-state index >= 15 is 0 Å². The maximum Gasteiger partial charge on any atom is 0.266 e. The van der Waals surface area contributed by atoms with Gasteiger partial charge in [0.1, 0.15) is 27.3 Å². The molecule has 0 N–H and O–H groups in total. The van der Waals surface area contributed by atoms with Gasteiger partial charge in [0.25, 0.3) is 5.91 Å². The Morgan fingerprint density at radius 2 is 1.85 bits per heavy atom. The largest absolute Gasteiger partial charge is 0.497 e. The highest BCUT2D eigenvalue weighted by molar-refractivity contribution is 8.26. The van der Waals surface area contributed by atoms with Crippen LogP contribution in [0.4, 0.5) is 0 Å². The quantitative estimate of drug-likeness (QED) is 0.285. The molecule has 1 aromatic carbocycles. The summed E-state index contributed by atoms with van der Waals surface area (Å²) in [6, 6.07) is 8.08. The zero-order valence-electron chi connectivity index (χ0n) is 22.6. The standard InChI is InChI=1S/C30H36N2O5S2/c1-34-23-14-22(15-24(17-23)35-2)26-16-21(4-3-7-31-8-10-36-11-9-31)27(37-26)18-28-29(33)32(30(38)39-28)25-13-19-5-6-20(25)12-19/h14-20,25H,3-13H2,1-2H3/b28-18-. The Labute approximate surface area is 239 Å². The van der Waals surface area contributed by atoms with E-state index in [9.17, 15) is 4.79 Å². The summed E-state index contributed by atoms with van der Waals surface area (Å²) < 4.78 is 23.6. The molecule has 9 heteroatoms. The van der Waals surface area contributed by atoms with E-state index in [-0.39, 0.29) is 11.9 Å². The lowest BCUT2D eigenvalue weighted by molar-refractivity contribution is -0.124. The van der Waals surface area contributed by atoms with Gasteiger partial charge in [-0.1, -0.05) is 30.4 Å². The molecule has 1 amide bonds. The summed E-state index contributed by atoms with van der Waals surface area (Å²) >= 11 is 7.14. The number of fused-ring (bicyclic) bond motifs is 2. The third-order valence-corrected chi connectivity index (χ3v) is 9.95. The van der Waals surface area contributed by atoms with E-state index in [0.29, 0.717) is 26.6 Å². The Kier molecular flexibility index (Phi) is 8.03. The Morgan fingerprint density at radius 1 is 1.08 bits per heavy atom. The molecular weight excluding hydrogens is 532 g/mol. The Balaban J connectivity index is 1.27. The van der Waals surface area contributed by atoms with Crippen LogP contribution < -0.4 is 9.47 Å². The number of carbonyl (C=O) groups excluding carboxylic acids is 1. The van der Waals surface area contributed by atoms with Crippen molar-refractivity contribution in [3.05, 3.63) is 40.5 Å². The van der Waals surface area contributed by atoms with Crippen molar-refractivity contribution in [3.63, 3.8) is 0 Å². The highest BCUT2D eigenvalue weighted by Crippen LogP contribution is 2.49. The van der Waals surface area contributed by atoms with Gasteiger partial charge in [-0.05, 0) is 74.2 Å². The number of methoxy groups -OCH3 is 2. The summed E-state index contributed by atoms with van der Waals surface area (Å²) in [5, 5.41) is 0. The highest BCUT2D eigenvalue weighted by Gasteiger charge is 2.48. The maximum absolute atomic E-state index is 13.6. The van der Waals surface area contributed by atoms with Gasteiger partial charge >= 0.3 is 0 Å². The van der Waals surface area contributed by atoms with E-state index in [0.717, 1.165) is 80.7 Å². The van der Waals surface area contributed by atoms with Crippen LogP contribution in [0.5, 0.6) is 11.5 Å². The zero-order chi connectivity index (χ0) is 26.9. The van der Waals surface area contributed by atoms with Crippen molar-refractivity contribution in [1.82, 2.24) is 9.80 Å². The molecule has 4 fully saturated rings. The fourth-order valence-electron chi connectivity index (χ4n) is 6.58. The lowest BCUT2D eigenvalue weighted by Crippen LogP contribution is -2.41. The van der Waals surface area contributed by atoms with Crippen molar-refractivity contribution >= 4 is 40.3 Å². The van der Waals surface area contributed by atoms with Gasteiger partial charge in [0.15, 0.2) is 0 Å². The molecule has 2 aliphatic carbocycles. The molecule has 2 aromatic rings. The number of carbonyl (C=O) groups is 1. The van der Waals surface area contributed by atoms with Crippen molar-refractivity contribution in [2.75, 3.05) is 47.1 Å². The van der Waals surface area contributed by atoms with Crippen molar-refractivity contribution in [1.29, 1.82) is 0 Å². The fraction of sp³-hybridized carbons (Fsp3) is 0.533. The second-order valence-corrected chi connectivity index (χ2v) is 12.6. The van der Waals surface area contributed by atoms with Crippen molar-refractivity contribution < 1.29 is 23.4 Å². The van der Waals surface area contributed by atoms with E-state index in [1.54, 1.807) is 14.2 Å². The number of morpholine rings is 1. The number of nitrogens with zero attached hydrogens (tertiary/aromatic N) is 2. The van der Waals surface area contributed by atoms with Gasteiger partial charge in [0.05, 0.1) is 32.3 Å². The second-order valence-electron chi connectivity index (χ2n) is 11.0. The van der Waals surface area contributed by atoms with Gasteiger partial charge in [-0.3, -0.25) is 14.6 Å². The Morgan fingerprint density at radius 3 is 2.51 bits per heavy atom. The van der Waals surface area contributed by atoms with Crippen LogP contribution in [-0.2, 0) is 16.0 Å². The first-order valence-electron chi connectivity index (χ1n) is 14.0. The lowest BCUT2D eigenvalue weighted by Gasteiger charge is -2.30. The predicted molar refractivity (Wildman–Crippen MR) is 157 cm³/mol. The number of thiocarbonyl (C=S) groups is 1. The average Bonchev–Trinajstić information content (AvgIpc) is 3.74. The molecule has 2 bridgehead atoms. The predicted octanol–water partition coefficient (Wildman–Crippen LogP) is 5.62. The Bertz CT molecular complexity index is 1250. The van der Waals surface area contributed by atoms with Gasteiger partial charge in [0.2, 0.25) is 0 Å². The van der Waals surface area contributed by atoms with Crippen LogP contribution in [0, 0.1) is 11.8 Å². The van der Waals surface area contributed by atoms with Gasteiger partial charge in [0, 0.05) is 36.8 Å². The molecule has 3 heterocycles. The number of rotatable bonds is 9. The van der Waals surface area contributed by atoms with E-state index in [1.165, 1.54) is 31.0 Å². The van der Waals surface area contributed by atoms with E-state index in [1.807, 2.05) is 29.2 Å². The topological polar surface area (TPSA) is 64.4 Å². The molecule has 39 heavy (non-hydrogen) atoms. The van der Waals surface area contributed by atoms with Crippen LogP contribution in [0.1, 0.15) is 43.4 Å². The molecule has 3 atom stereocenters. The molecule has 7 nitrogen and oxygen atoms in total. The smallest absolute Gasteiger partial charge is 0.266 e. The molecule has 3 unspecified atom stereocenters. The number of benzene rings is 1. The summed E-state index contributed by atoms with van der Waals surface area (Å²) in [4.78, 5) is 18.6. The van der Waals surface area contributed by atoms with E-state index in [4.69, 9.17) is 30.8 Å². The number of thioether (sulfide) groups is 1. The van der Waals surface area contributed by atoms with Gasteiger partial charge in [-0.25, -0.2) is 0 Å². The first-order chi connectivity index (χ1) is 19.0. The molecule has 2 saturated carbocycles. The fourth-order valence-corrected chi connectivity index (χ4v) is 7.93. The summed E-state index contributed by atoms with van der Waals surface area (Å²) in [5.74, 6) is 4.21. The molecule has 0 spiro atoms. The van der Waals surface area contributed by atoms with Crippen molar-refractivity contribution in [3.8, 4) is 22.8 Å². The molecule has 1 aromatic heterocycles. The van der Waals surface area contributed by atoms with Crippen LogP contribution in [0.15, 0.2) is 33.6 Å². The summed E-state index contributed by atoms with van der Waals surface area (Å²) in [5.41, 5.74) is 1.96. The SMILES string of the molecule is COc1cc(OC)cc(-c2cc(CCCN3CCOCC3)c(/C=C3\SC(=S)N(C4CC5CCC4C5)C3=O)o2)c1.